The van der Waals surface area contributed by atoms with Crippen LogP contribution in [0.1, 0.15) is 25.0 Å². The zero-order valence-corrected chi connectivity index (χ0v) is 18.0. The summed E-state index contributed by atoms with van der Waals surface area (Å²) in [6.07, 6.45) is 0. The van der Waals surface area contributed by atoms with E-state index in [1.54, 1.807) is 0 Å². The molecule has 0 unspecified atom stereocenters. The van der Waals surface area contributed by atoms with Crippen molar-refractivity contribution in [2.75, 3.05) is 37.6 Å². The molecule has 2 aromatic rings. The average Bonchev–Trinajstić information content (AvgIpc) is 2.99. The van der Waals surface area contributed by atoms with Gasteiger partial charge in [0.15, 0.2) is 0 Å². The number of hydrogen-bond donors (Lipinski definition) is 0. The second-order valence-corrected chi connectivity index (χ2v) is 8.51. The predicted octanol–water partition coefficient (Wildman–Crippen LogP) is 3.55. The van der Waals surface area contributed by atoms with Crippen molar-refractivity contribution >= 4 is 23.1 Å². The van der Waals surface area contributed by atoms with Gasteiger partial charge in [-0.05, 0) is 30.5 Å². The van der Waals surface area contributed by atoms with Crippen molar-refractivity contribution in [2.24, 2.45) is 5.92 Å². The van der Waals surface area contributed by atoms with Crippen LogP contribution in [0.4, 0.5) is 5.69 Å². The number of hydrogen-bond acceptors (Lipinski definition) is 4. The van der Waals surface area contributed by atoms with E-state index in [-0.39, 0.29) is 17.7 Å². The summed E-state index contributed by atoms with van der Waals surface area (Å²) in [6, 6.07) is 18.2. The zero-order chi connectivity index (χ0) is 21.3. The number of benzene rings is 2. The summed E-state index contributed by atoms with van der Waals surface area (Å²) in [5, 5.41) is 0. The third kappa shape index (κ3) is 3.84. The molecule has 156 valence electrons. The lowest BCUT2D eigenvalue weighted by Crippen LogP contribution is -2.47. The van der Waals surface area contributed by atoms with Gasteiger partial charge in [0, 0.05) is 38.4 Å². The first kappa shape index (κ1) is 20.2. The maximum Gasteiger partial charge on any atom is 0.277 e. The van der Waals surface area contributed by atoms with Crippen LogP contribution in [0.5, 0.6) is 0 Å². The molecule has 2 amide bonds. The fraction of sp³-hybridized carbons (Fsp3) is 0.360. The molecule has 0 aliphatic carbocycles. The Morgan fingerprint density at radius 1 is 0.800 bits per heavy atom. The van der Waals surface area contributed by atoms with Crippen LogP contribution in [-0.2, 0) is 9.59 Å². The van der Waals surface area contributed by atoms with Gasteiger partial charge in [-0.15, -0.1) is 0 Å². The summed E-state index contributed by atoms with van der Waals surface area (Å²) in [4.78, 5) is 32.5. The number of carbonyl (C=O) groups excluding carboxylic acids is 2. The Balaban J connectivity index is 1.64. The molecule has 0 atom stereocenters. The first-order valence-corrected chi connectivity index (χ1v) is 10.7. The summed E-state index contributed by atoms with van der Waals surface area (Å²) >= 11 is 0. The lowest BCUT2D eigenvalue weighted by atomic mass is 10.0. The quantitative estimate of drug-likeness (QED) is 0.716. The number of rotatable bonds is 5. The van der Waals surface area contributed by atoms with E-state index in [0.29, 0.717) is 30.9 Å². The first-order valence-electron chi connectivity index (χ1n) is 10.7. The van der Waals surface area contributed by atoms with Crippen molar-refractivity contribution < 1.29 is 9.59 Å². The summed E-state index contributed by atoms with van der Waals surface area (Å²) in [5.74, 6) is -0.0954. The van der Waals surface area contributed by atoms with E-state index in [9.17, 15) is 9.59 Å². The van der Waals surface area contributed by atoms with Crippen LogP contribution >= 0.6 is 0 Å². The van der Waals surface area contributed by atoms with Gasteiger partial charge < -0.3 is 9.80 Å². The molecular weight excluding hydrogens is 374 g/mol. The monoisotopic (exact) mass is 403 g/mol. The van der Waals surface area contributed by atoms with Crippen LogP contribution < -0.4 is 4.90 Å². The fourth-order valence-electron chi connectivity index (χ4n) is 4.20. The van der Waals surface area contributed by atoms with Gasteiger partial charge in [0.25, 0.3) is 11.8 Å². The molecule has 5 heteroatoms. The summed E-state index contributed by atoms with van der Waals surface area (Å²) in [7, 11) is 0. The molecular formula is C25H29N3O2. The van der Waals surface area contributed by atoms with Gasteiger partial charge in [-0.1, -0.05) is 61.9 Å². The van der Waals surface area contributed by atoms with E-state index < -0.39 is 0 Å². The van der Waals surface area contributed by atoms with Crippen LogP contribution in [0.3, 0.4) is 0 Å². The Morgan fingerprint density at radius 2 is 1.40 bits per heavy atom. The molecule has 0 bridgehead atoms. The molecule has 0 aromatic heterocycles. The highest BCUT2D eigenvalue weighted by Crippen LogP contribution is 2.33. The molecule has 0 N–H and O–H groups in total. The Labute approximate surface area is 178 Å². The summed E-state index contributed by atoms with van der Waals surface area (Å²) < 4.78 is 0. The van der Waals surface area contributed by atoms with Gasteiger partial charge in [0.05, 0.1) is 5.57 Å². The van der Waals surface area contributed by atoms with E-state index in [2.05, 4.69) is 21.9 Å². The Kier molecular flexibility index (Phi) is 5.62. The first-order chi connectivity index (χ1) is 14.5. The number of aryl methyl sites for hydroxylation is 1. The summed E-state index contributed by atoms with van der Waals surface area (Å²) in [6.45, 7) is 9.60. The number of carbonyl (C=O) groups is 2. The molecule has 30 heavy (non-hydrogen) atoms. The van der Waals surface area contributed by atoms with Crippen molar-refractivity contribution in [1.29, 1.82) is 0 Å². The molecule has 1 fully saturated rings. The number of piperazine rings is 1. The number of nitrogens with zero attached hydrogens (tertiary/aromatic N) is 3. The van der Waals surface area contributed by atoms with E-state index in [4.69, 9.17) is 0 Å². The minimum absolute atomic E-state index is 0.155. The largest absolute Gasteiger partial charge is 0.368 e. The number of imide groups is 1. The molecule has 2 heterocycles. The average molecular weight is 404 g/mol. The molecule has 2 aliphatic heterocycles. The molecule has 1 saturated heterocycles. The van der Waals surface area contributed by atoms with Crippen LogP contribution in [0, 0.1) is 12.8 Å². The van der Waals surface area contributed by atoms with Crippen LogP contribution in [-0.4, -0.2) is 54.3 Å². The van der Waals surface area contributed by atoms with Gasteiger partial charge in [0.1, 0.15) is 5.70 Å². The Morgan fingerprint density at radius 3 is 2.00 bits per heavy atom. The maximum absolute atomic E-state index is 13.3. The number of anilines is 1. The summed E-state index contributed by atoms with van der Waals surface area (Å²) in [5.41, 5.74) is 4.27. The SMILES string of the molecule is Cc1ccc(C2=C(N3CCN(c4ccccc4)CC3)C(=O)N(CC(C)C)C2=O)cc1. The second-order valence-electron chi connectivity index (χ2n) is 8.51. The minimum Gasteiger partial charge on any atom is -0.368 e. The smallest absolute Gasteiger partial charge is 0.277 e. The van der Waals surface area contributed by atoms with Crippen LogP contribution in [0.15, 0.2) is 60.3 Å². The maximum atomic E-state index is 13.3. The lowest BCUT2D eigenvalue weighted by Gasteiger charge is -2.37. The zero-order valence-electron chi connectivity index (χ0n) is 18.0. The second kappa shape index (κ2) is 8.34. The number of amides is 2. The van der Waals surface area contributed by atoms with E-state index in [0.717, 1.165) is 24.2 Å². The molecule has 2 aliphatic rings. The standard InChI is InChI=1S/C25H29N3O2/c1-18(2)17-28-24(29)22(20-11-9-19(3)10-12-20)23(25(28)30)27-15-13-26(14-16-27)21-7-5-4-6-8-21/h4-12,18H,13-17H2,1-3H3. The van der Waals surface area contributed by atoms with Crippen molar-refractivity contribution in [3.8, 4) is 0 Å². The van der Waals surface area contributed by atoms with Crippen molar-refractivity contribution in [3.63, 3.8) is 0 Å². The van der Waals surface area contributed by atoms with Gasteiger partial charge in [-0.2, -0.15) is 0 Å². The normalized spacial score (nSPS) is 17.5. The van der Waals surface area contributed by atoms with Gasteiger partial charge in [0.2, 0.25) is 0 Å². The predicted molar refractivity (Wildman–Crippen MR) is 120 cm³/mol. The molecule has 0 spiro atoms. The van der Waals surface area contributed by atoms with Crippen LogP contribution in [0.25, 0.3) is 5.57 Å². The van der Waals surface area contributed by atoms with Gasteiger partial charge in [-0.3, -0.25) is 14.5 Å². The highest BCUT2D eigenvalue weighted by atomic mass is 16.2. The molecule has 0 saturated carbocycles. The third-order valence-electron chi connectivity index (χ3n) is 5.75. The topological polar surface area (TPSA) is 43.9 Å². The van der Waals surface area contributed by atoms with Crippen molar-refractivity contribution in [1.82, 2.24) is 9.80 Å². The highest BCUT2D eigenvalue weighted by Gasteiger charge is 2.42. The molecule has 5 nitrogen and oxygen atoms in total. The van der Waals surface area contributed by atoms with Crippen molar-refractivity contribution in [2.45, 2.75) is 20.8 Å². The molecule has 4 rings (SSSR count). The number of para-hydroxylation sites is 1. The van der Waals surface area contributed by atoms with E-state index in [1.807, 2.05) is 63.2 Å². The third-order valence-corrected chi connectivity index (χ3v) is 5.75. The highest BCUT2D eigenvalue weighted by molar-refractivity contribution is 6.35. The van der Waals surface area contributed by atoms with Crippen LogP contribution in [0.2, 0.25) is 0 Å². The van der Waals surface area contributed by atoms with E-state index in [1.165, 1.54) is 10.6 Å². The Hall–Kier alpha value is -3.08. The van der Waals surface area contributed by atoms with Crippen molar-refractivity contribution in [3.05, 3.63) is 71.4 Å². The Bertz CT molecular complexity index is 956. The van der Waals surface area contributed by atoms with Gasteiger partial charge >= 0.3 is 0 Å². The van der Waals surface area contributed by atoms with E-state index >= 15 is 0 Å². The molecule has 2 aromatic carbocycles. The lowest BCUT2D eigenvalue weighted by molar-refractivity contribution is -0.138. The minimum atomic E-state index is -0.168. The molecule has 0 radical (unpaired) electrons. The van der Waals surface area contributed by atoms with Gasteiger partial charge in [-0.25, -0.2) is 0 Å². The fourth-order valence-corrected chi connectivity index (χ4v) is 4.20.